The minimum Gasteiger partial charge on any atom is -0.508 e. The number of phenolic OH excluding ortho intramolecular Hbond substituents is 2. The second kappa shape index (κ2) is 4.66. The van der Waals surface area contributed by atoms with Crippen LogP contribution in [0.4, 0.5) is 0 Å². The zero-order valence-corrected chi connectivity index (χ0v) is 13.2. The molecule has 2 N–H and O–H groups in total. The standard InChI is InChI=1S/C20H14O5/c21-11-5-7-15-17(9-11)24-18-10-12(22)6-8-16(18)20(15)14-4-2-1-3-13(14)19(23)25-20/h2,4-10,21-22H,1,3H2. The van der Waals surface area contributed by atoms with Crippen LogP contribution in [0.15, 0.2) is 59.7 Å². The Morgan fingerprint density at radius 1 is 0.960 bits per heavy atom. The van der Waals surface area contributed by atoms with Gasteiger partial charge >= 0.3 is 5.97 Å². The largest absolute Gasteiger partial charge is 0.508 e. The first-order chi connectivity index (χ1) is 12.1. The fraction of sp³-hybridized carbons (Fsp3) is 0.150. The second-order valence-corrected chi connectivity index (χ2v) is 6.37. The molecule has 2 aliphatic heterocycles. The van der Waals surface area contributed by atoms with Gasteiger partial charge in [0.05, 0.1) is 0 Å². The number of aromatic hydroxyl groups is 2. The predicted molar refractivity (Wildman–Crippen MR) is 88.6 cm³/mol. The Morgan fingerprint density at radius 3 is 2.24 bits per heavy atom. The summed E-state index contributed by atoms with van der Waals surface area (Å²) in [6, 6.07) is 9.51. The molecular weight excluding hydrogens is 320 g/mol. The molecule has 1 spiro atoms. The van der Waals surface area contributed by atoms with Crippen molar-refractivity contribution in [2.24, 2.45) is 0 Å². The number of allylic oxidation sites excluding steroid dienone is 1. The third kappa shape index (κ3) is 1.75. The molecule has 124 valence electrons. The summed E-state index contributed by atoms with van der Waals surface area (Å²) in [7, 11) is 0. The zero-order valence-electron chi connectivity index (χ0n) is 13.2. The summed E-state index contributed by atoms with van der Waals surface area (Å²) in [5.41, 5.74) is 1.67. The topological polar surface area (TPSA) is 76.0 Å². The van der Waals surface area contributed by atoms with Crippen molar-refractivity contribution in [1.82, 2.24) is 0 Å². The first kappa shape index (κ1) is 14.2. The maximum absolute atomic E-state index is 12.6. The monoisotopic (exact) mass is 334 g/mol. The maximum atomic E-state index is 12.6. The van der Waals surface area contributed by atoms with Gasteiger partial charge in [0.1, 0.15) is 23.0 Å². The van der Waals surface area contributed by atoms with E-state index in [0.717, 1.165) is 12.0 Å². The van der Waals surface area contributed by atoms with Crippen molar-refractivity contribution in [3.8, 4) is 23.0 Å². The molecule has 2 heterocycles. The highest BCUT2D eigenvalue weighted by Gasteiger charge is 2.54. The first-order valence-corrected chi connectivity index (χ1v) is 8.08. The molecule has 0 saturated carbocycles. The van der Waals surface area contributed by atoms with Gasteiger partial charge in [-0.2, -0.15) is 0 Å². The van der Waals surface area contributed by atoms with Crippen LogP contribution >= 0.6 is 0 Å². The Balaban J connectivity index is 1.87. The summed E-state index contributed by atoms with van der Waals surface area (Å²) in [5.74, 6) is 0.571. The number of hydrogen-bond donors (Lipinski definition) is 2. The lowest BCUT2D eigenvalue weighted by Gasteiger charge is -2.37. The van der Waals surface area contributed by atoms with Gasteiger partial charge in [-0.15, -0.1) is 0 Å². The van der Waals surface area contributed by atoms with Crippen molar-refractivity contribution in [2.75, 3.05) is 0 Å². The third-order valence-corrected chi connectivity index (χ3v) is 4.95. The van der Waals surface area contributed by atoms with Crippen LogP contribution in [0, 0.1) is 0 Å². The molecule has 0 fully saturated rings. The Morgan fingerprint density at radius 2 is 1.60 bits per heavy atom. The first-order valence-electron chi connectivity index (χ1n) is 8.08. The van der Waals surface area contributed by atoms with Crippen LogP contribution in [0.3, 0.4) is 0 Å². The van der Waals surface area contributed by atoms with E-state index in [9.17, 15) is 15.0 Å². The van der Waals surface area contributed by atoms with E-state index < -0.39 is 5.60 Å². The van der Waals surface area contributed by atoms with E-state index in [1.54, 1.807) is 24.3 Å². The molecule has 0 bridgehead atoms. The average molecular weight is 334 g/mol. The summed E-state index contributed by atoms with van der Waals surface area (Å²) >= 11 is 0. The quantitative estimate of drug-likeness (QED) is 0.719. The molecule has 25 heavy (non-hydrogen) atoms. The van der Waals surface area contributed by atoms with Gasteiger partial charge in [-0.25, -0.2) is 4.79 Å². The molecule has 0 aromatic heterocycles. The number of hydrogen-bond acceptors (Lipinski definition) is 5. The molecule has 5 heteroatoms. The lowest BCUT2D eigenvalue weighted by Crippen LogP contribution is -2.33. The smallest absolute Gasteiger partial charge is 0.336 e. The molecule has 5 nitrogen and oxygen atoms in total. The van der Waals surface area contributed by atoms with Crippen molar-refractivity contribution in [3.05, 3.63) is 70.8 Å². The molecular formula is C20H14O5. The Labute approximate surface area is 143 Å². The van der Waals surface area contributed by atoms with E-state index in [1.165, 1.54) is 12.1 Å². The van der Waals surface area contributed by atoms with E-state index in [-0.39, 0.29) is 17.5 Å². The molecule has 3 aliphatic rings. The van der Waals surface area contributed by atoms with Gasteiger partial charge < -0.3 is 19.7 Å². The summed E-state index contributed by atoms with van der Waals surface area (Å²) in [6.45, 7) is 0. The molecule has 2 aromatic rings. The van der Waals surface area contributed by atoms with Crippen LogP contribution in [-0.4, -0.2) is 16.2 Å². The average Bonchev–Trinajstić information content (AvgIpc) is 2.88. The normalized spacial score (nSPS) is 19.1. The zero-order chi connectivity index (χ0) is 17.2. The van der Waals surface area contributed by atoms with Gasteiger partial charge in [0.2, 0.25) is 0 Å². The SMILES string of the molecule is O=C1OC2(C3=C1CCC=C3)c1ccc(O)cc1Oc1cc(O)ccc12. The number of fused-ring (bicyclic) bond motifs is 5. The number of ether oxygens (including phenoxy) is 2. The molecule has 0 radical (unpaired) electrons. The highest BCUT2D eigenvalue weighted by Crippen LogP contribution is 2.58. The van der Waals surface area contributed by atoms with Crippen molar-refractivity contribution in [1.29, 1.82) is 0 Å². The van der Waals surface area contributed by atoms with Crippen molar-refractivity contribution >= 4 is 5.97 Å². The van der Waals surface area contributed by atoms with Gasteiger partial charge in [0, 0.05) is 34.4 Å². The van der Waals surface area contributed by atoms with Gasteiger partial charge in [-0.3, -0.25) is 0 Å². The van der Waals surface area contributed by atoms with Gasteiger partial charge in [-0.1, -0.05) is 12.2 Å². The summed E-state index contributed by atoms with van der Waals surface area (Å²) < 4.78 is 11.8. The summed E-state index contributed by atoms with van der Waals surface area (Å²) in [5, 5.41) is 19.7. The lowest BCUT2D eigenvalue weighted by molar-refractivity contribution is -0.145. The number of carbonyl (C=O) groups excluding carboxylic acids is 1. The predicted octanol–water partition coefficient (Wildman–Crippen LogP) is 3.65. The van der Waals surface area contributed by atoms with E-state index in [2.05, 4.69) is 0 Å². The Kier molecular flexibility index (Phi) is 2.64. The molecule has 2 aromatic carbocycles. The van der Waals surface area contributed by atoms with Crippen LogP contribution in [-0.2, 0) is 15.1 Å². The third-order valence-electron chi connectivity index (χ3n) is 4.95. The Hall–Kier alpha value is -3.21. The maximum Gasteiger partial charge on any atom is 0.336 e. The summed E-state index contributed by atoms with van der Waals surface area (Å²) in [4.78, 5) is 12.6. The number of rotatable bonds is 0. The number of phenols is 2. The number of carbonyl (C=O) groups is 1. The van der Waals surface area contributed by atoms with Gasteiger partial charge in [-0.05, 0) is 37.1 Å². The van der Waals surface area contributed by atoms with Crippen LogP contribution in [0.1, 0.15) is 24.0 Å². The molecule has 0 saturated heterocycles. The molecule has 0 atom stereocenters. The summed E-state index contributed by atoms with van der Waals surface area (Å²) in [6.07, 6.45) is 5.39. The number of benzene rings is 2. The van der Waals surface area contributed by atoms with Crippen LogP contribution in [0.5, 0.6) is 23.0 Å². The van der Waals surface area contributed by atoms with Gasteiger partial charge in [0.15, 0.2) is 5.60 Å². The minimum absolute atomic E-state index is 0.0511. The van der Waals surface area contributed by atoms with Crippen molar-refractivity contribution in [3.63, 3.8) is 0 Å². The molecule has 0 amide bonds. The highest BCUT2D eigenvalue weighted by molar-refractivity contribution is 5.96. The fourth-order valence-corrected chi connectivity index (χ4v) is 3.90. The highest BCUT2D eigenvalue weighted by atomic mass is 16.6. The molecule has 5 rings (SSSR count). The van der Waals surface area contributed by atoms with Crippen molar-refractivity contribution in [2.45, 2.75) is 18.4 Å². The lowest BCUT2D eigenvalue weighted by atomic mass is 9.75. The van der Waals surface area contributed by atoms with Crippen LogP contribution in [0.25, 0.3) is 0 Å². The number of esters is 1. The van der Waals surface area contributed by atoms with Gasteiger partial charge in [0.25, 0.3) is 0 Å². The fourth-order valence-electron chi connectivity index (χ4n) is 3.90. The van der Waals surface area contributed by atoms with E-state index >= 15 is 0 Å². The van der Waals surface area contributed by atoms with E-state index in [1.807, 2.05) is 12.2 Å². The van der Waals surface area contributed by atoms with E-state index in [0.29, 0.717) is 34.6 Å². The van der Waals surface area contributed by atoms with Crippen LogP contribution < -0.4 is 4.74 Å². The molecule has 1 aliphatic carbocycles. The Bertz CT molecular complexity index is 948. The minimum atomic E-state index is -1.12. The van der Waals surface area contributed by atoms with Crippen LogP contribution in [0.2, 0.25) is 0 Å². The van der Waals surface area contributed by atoms with E-state index in [4.69, 9.17) is 9.47 Å². The second-order valence-electron chi connectivity index (χ2n) is 6.37. The van der Waals surface area contributed by atoms with Crippen molar-refractivity contribution < 1.29 is 24.5 Å². The molecule has 0 unspecified atom stereocenters.